The number of fused-ring (bicyclic) bond motifs is 6. The molecule has 548 valence electrons. The van der Waals surface area contributed by atoms with Crippen LogP contribution in [0.15, 0.2) is 301 Å². The minimum absolute atomic E-state index is 0. The molecule has 15 heteroatoms. The van der Waals surface area contributed by atoms with E-state index in [2.05, 4.69) is 149 Å². The summed E-state index contributed by atoms with van der Waals surface area (Å²) < 4.78 is 54.5. The molecular weight excluding hydrogens is 1480 g/mol. The van der Waals surface area contributed by atoms with Crippen molar-refractivity contribution in [1.29, 1.82) is 0 Å². The highest BCUT2D eigenvalue weighted by Crippen LogP contribution is 2.50. The molecule has 0 saturated carbocycles. The summed E-state index contributed by atoms with van der Waals surface area (Å²) in [6, 6.07) is 84.7. The van der Waals surface area contributed by atoms with Gasteiger partial charge >= 0.3 is 17.4 Å². The Morgan fingerprint density at radius 3 is 1.64 bits per heavy atom. The van der Waals surface area contributed by atoms with Gasteiger partial charge in [0.05, 0.1) is 36.6 Å². The number of benzene rings is 10. The third-order valence-electron chi connectivity index (χ3n) is 18.6. The van der Waals surface area contributed by atoms with Gasteiger partial charge in [-0.05, 0) is 135 Å². The number of rotatable bonds is 20. The van der Waals surface area contributed by atoms with Gasteiger partial charge in [0.25, 0.3) is 0 Å². The van der Waals surface area contributed by atoms with Crippen molar-refractivity contribution in [2.45, 2.75) is 119 Å². The summed E-state index contributed by atoms with van der Waals surface area (Å²) in [4.78, 5) is 39.3. The van der Waals surface area contributed by atoms with E-state index >= 15 is 0 Å². The number of pyridine rings is 1. The maximum atomic E-state index is 13.1. The molecule has 0 amide bonds. The predicted molar refractivity (Wildman–Crippen MR) is 429 cm³/mol. The number of aromatic nitrogens is 1. The van der Waals surface area contributed by atoms with E-state index < -0.39 is 22.8 Å². The van der Waals surface area contributed by atoms with E-state index in [1.54, 1.807) is 12.1 Å². The van der Waals surface area contributed by atoms with E-state index in [9.17, 15) is 22.8 Å². The molecule has 3 fully saturated rings. The molecule has 0 N–H and O–H groups in total. The van der Waals surface area contributed by atoms with Gasteiger partial charge in [0, 0.05) is 74.8 Å². The molecule has 0 radical (unpaired) electrons. The van der Waals surface area contributed by atoms with Crippen LogP contribution in [-0.4, -0.2) is 87.9 Å². The first-order valence-electron chi connectivity index (χ1n) is 35.7. The second-order valence-corrected chi connectivity index (χ2v) is 30.2. The molecule has 4 heterocycles. The Hall–Kier alpha value is -9.09. The second-order valence-electron chi connectivity index (χ2n) is 28.5. The minimum Gasteiger partial charge on any atom is -1.00 e. The number of aryl methyl sites for hydroxylation is 1. The summed E-state index contributed by atoms with van der Waals surface area (Å²) in [7, 11) is 0. The van der Waals surface area contributed by atoms with E-state index in [0.717, 1.165) is 80.9 Å². The maximum absolute atomic E-state index is 13.1. The molecule has 2 bridgehead atoms. The molecule has 1 unspecified atom stereocenters. The summed E-state index contributed by atoms with van der Waals surface area (Å²) >= 11 is 3.12. The first-order valence-corrected chi connectivity index (χ1v) is 37.6. The zero-order valence-corrected chi connectivity index (χ0v) is 65.3. The standard InChI is InChI=1S/C37H37N2O.C27H29NO2.C19H21NO2.C8H6BrF3S.BrH/c1-3-21-40-37(33-17-19-38-35-16-10-9-15-32(33)35)36-23-27-18-20-39(36,24-26(27)4-2)25-34-30-13-7-5-11-28(30)22-29-12-6-8-14-31(29)34;1-20-15-17-21(18-16-20)19-24(26(29)30-27(2,3)4)28-25(22-11-7-5-8-12-22)23-13-9-6-10-14-23;1-19(2,3)22-17(21)14-20-18(15-10-6-4-7-11-15)16-12-8-5-9-13-16;9-5-6-1-3-7(4-2-6)13-8(10,11)12;/h3-17,19,22,26-27,36-37H,1-2,18,20-21,23-25H2;5-18,24H,19H2,1-4H3;4-13H,14H2,1-3H3;1-4H,5H2;1H/q+1;;;;/p-1/t26-,27-,36-,37+,39?;24-;;;/m00.../s1. The highest BCUT2D eigenvalue weighted by molar-refractivity contribution is 9.08. The number of hydrogen-bond donors (Lipinski definition) is 0. The molecule has 0 spiro atoms. The van der Waals surface area contributed by atoms with Crippen molar-refractivity contribution in [3.63, 3.8) is 0 Å². The average Bonchev–Trinajstić information content (AvgIpc) is 0.724. The third kappa shape index (κ3) is 22.7. The quantitative estimate of drug-likeness (QED) is 0.0143. The lowest BCUT2D eigenvalue weighted by atomic mass is 9.70. The third-order valence-corrected chi connectivity index (χ3v) is 20.0. The summed E-state index contributed by atoms with van der Waals surface area (Å²) in [6.45, 7) is 25.3. The van der Waals surface area contributed by atoms with Gasteiger partial charge in [-0.1, -0.05) is 258 Å². The van der Waals surface area contributed by atoms with Crippen LogP contribution in [0.4, 0.5) is 13.2 Å². The topological polar surface area (TPSA) is 99.4 Å². The fourth-order valence-corrected chi connectivity index (χ4v) is 14.8. The monoisotopic (exact) mass is 1570 g/mol. The van der Waals surface area contributed by atoms with Crippen molar-refractivity contribution in [3.8, 4) is 0 Å². The van der Waals surface area contributed by atoms with Crippen LogP contribution in [0.3, 0.4) is 0 Å². The number of thioether (sulfide) groups is 1. The Balaban J connectivity index is 0.000000175. The Morgan fingerprint density at radius 2 is 1.13 bits per heavy atom. The largest absolute Gasteiger partial charge is 1.00 e. The van der Waals surface area contributed by atoms with Crippen LogP contribution in [0.1, 0.15) is 111 Å². The molecule has 3 aliphatic rings. The van der Waals surface area contributed by atoms with E-state index in [0.29, 0.717) is 36.2 Å². The molecule has 3 aliphatic heterocycles. The van der Waals surface area contributed by atoms with E-state index in [1.807, 2.05) is 187 Å². The number of nitrogens with zero attached hydrogens (tertiary/aromatic N) is 4. The average molecular weight is 1570 g/mol. The van der Waals surface area contributed by atoms with Crippen molar-refractivity contribution < 1.29 is 58.4 Å². The van der Waals surface area contributed by atoms with E-state index in [1.165, 1.54) is 62.2 Å². The molecule has 0 aliphatic carbocycles. The highest BCUT2D eigenvalue weighted by atomic mass is 79.9. The predicted octanol–water partition coefficient (Wildman–Crippen LogP) is 19.2. The zero-order valence-electron chi connectivity index (χ0n) is 61.3. The van der Waals surface area contributed by atoms with E-state index in [4.69, 9.17) is 19.2 Å². The Kier molecular flexibility index (Phi) is 29.0. The molecule has 6 atom stereocenters. The second kappa shape index (κ2) is 37.9. The molecule has 9 nitrogen and oxygen atoms in total. The number of aliphatic imine (C=N–C) groups is 2. The number of para-hydroxylation sites is 1. The normalized spacial score (nSPS) is 16.5. The van der Waals surface area contributed by atoms with Gasteiger partial charge in [-0.15, -0.1) is 13.2 Å². The van der Waals surface area contributed by atoms with Gasteiger partial charge in [-0.2, -0.15) is 13.2 Å². The van der Waals surface area contributed by atoms with Gasteiger partial charge in [-0.25, -0.2) is 4.79 Å². The summed E-state index contributed by atoms with van der Waals surface area (Å²) in [5.41, 5.74) is 7.18. The van der Waals surface area contributed by atoms with Crippen LogP contribution in [-0.2, 0) is 42.1 Å². The van der Waals surface area contributed by atoms with Gasteiger partial charge in [0.1, 0.15) is 36.4 Å². The lowest BCUT2D eigenvalue weighted by Gasteiger charge is -2.58. The molecule has 1 aromatic heterocycles. The highest BCUT2D eigenvalue weighted by Gasteiger charge is 2.55. The summed E-state index contributed by atoms with van der Waals surface area (Å²) in [5, 5.41) is 7.22. The van der Waals surface area contributed by atoms with Crippen molar-refractivity contribution in [1.82, 2.24) is 4.98 Å². The maximum Gasteiger partial charge on any atom is 0.446 e. The smallest absolute Gasteiger partial charge is 0.446 e. The van der Waals surface area contributed by atoms with Gasteiger partial charge in [0.15, 0.2) is 6.04 Å². The Morgan fingerprint density at radius 1 is 0.632 bits per heavy atom. The first-order chi connectivity index (χ1) is 50.5. The number of quaternary nitrogens is 1. The van der Waals surface area contributed by atoms with Crippen LogP contribution in [0.25, 0.3) is 32.4 Å². The molecule has 106 heavy (non-hydrogen) atoms. The lowest BCUT2D eigenvalue weighted by Crippen LogP contribution is -3.00. The molecule has 14 rings (SSSR count). The number of alkyl halides is 4. The number of piperidine rings is 3. The first kappa shape index (κ1) is 81.0. The minimum atomic E-state index is -4.20. The number of hydrogen-bond acceptors (Lipinski definition) is 9. The SMILES string of the molecule is C=CCO[C@H](c1ccnc2ccccc12)[C@@H]1C[C@@H]2CC[N+]1(Cc1c3ccccc3cc3ccccc13)C[C@@H]2C=C.CC(C)(C)OC(=O)CN=C(c1ccccc1)c1ccccc1.Cc1ccc(C[C@H](N=C(c2ccccc2)c2ccccc2)C(=O)OC(C)(C)C)cc1.FC(F)(F)Sc1ccc(CBr)cc1.[Br-]. The number of carbonyl (C=O) groups excluding carboxylic acids is 2. The molecule has 3 saturated heterocycles. The van der Waals surface area contributed by atoms with E-state index in [-0.39, 0.29) is 58.2 Å². The van der Waals surface area contributed by atoms with Crippen molar-refractivity contribution >= 4 is 83.5 Å². The Labute approximate surface area is 646 Å². The molecule has 10 aromatic carbocycles. The van der Waals surface area contributed by atoms with Crippen molar-refractivity contribution in [2.75, 3.05) is 26.2 Å². The van der Waals surface area contributed by atoms with Gasteiger partial charge < -0.3 is 35.7 Å². The van der Waals surface area contributed by atoms with Gasteiger partial charge in [-0.3, -0.25) is 19.8 Å². The van der Waals surface area contributed by atoms with Crippen LogP contribution < -0.4 is 17.0 Å². The zero-order chi connectivity index (χ0) is 74.6. The molecular formula is C91H93Br2F3N4O5S. The number of halogens is 5. The fraction of sp³-hybridized carbons (Fsp3) is 0.264. The van der Waals surface area contributed by atoms with Crippen LogP contribution in [0.2, 0.25) is 0 Å². The fourth-order valence-electron chi connectivity index (χ4n) is 13.9. The molecule has 11 aromatic rings. The lowest BCUT2D eigenvalue weighted by molar-refractivity contribution is -0.984. The van der Waals surface area contributed by atoms with Crippen LogP contribution in [0.5, 0.6) is 0 Å². The Bertz CT molecular complexity index is 4600. The van der Waals surface area contributed by atoms with Crippen molar-refractivity contribution in [2.24, 2.45) is 21.8 Å². The van der Waals surface area contributed by atoms with Crippen molar-refractivity contribution in [3.05, 3.63) is 336 Å². The number of esters is 2. The van der Waals surface area contributed by atoms with Gasteiger partial charge in [0.2, 0.25) is 0 Å². The van der Waals surface area contributed by atoms with Crippen LogP contribution in [0, 0.1) is 18.8 Å². The number of carbonyl (C=O) groups is 2. The number of ether oxygens (including phenoxy) is 3. The summed E-state index contributed by atoms with van der Waals surface area (Å²) in [6.07, 6.45) is 8.89. The van der Waals surface area contributed by atoms with Crippen LogP contribution >= 0.6 is 27.7 Å². The summed E-state index contributed by atoms with van der Waals surface area (Å²) in [5.74, 6) is 0.541.